The van der Waals surface area contributed by atoms with Crippen LogP contribution in [-0.4, -0.2) is 19.0 Å². The number of rotatable bonds is 7. The highest BCUT2D eigenvalue weighted by Crippen LogP contribution is 2.25. The van der Waals surface area contributed by atoms with Gasteiger partial charge in [0.1, 0.15) is 5.75 Å². The van der Waals surface area contributed by atoms with Gasteiger partial charge in [-0.1, -0.05) is 35.9 Å². The lowest BCUT2D eigenvalue weighted by atomic mass is 9.95. The third-order valence-electron chi connectivity index (χ3n) is 3.54. The van der Waals surface area contributed by atoms with E-state index in [1.807, 2.05) is 0 Å². The summed E-state index contributed by atoms with van der Waals surface area (Å²) in [5, 5.41) is 14.3. The van der Waals surface area contributed by atoms with Gasteiger partial charge in [0.05, 0.1) is 12.8 Å². The van der Waals surface area contributed by atoms with Gasteiger partial charge < -0.3 is 20.0 Å². The van der Waals surface area contributed by atoms with Crippen LogP contribution in [0.2, 0.25) is 5.02 Å². The molecule has 1 amide bonds. The van der Waals surface area contributed by atoms with Gasteiger partial charge in [-0.05, 0) is 42.7 Å². The van der Waals surface area contributed by atoms with E-state index < -0.39 is 17.8 Å². The molecule has 0 bridgehead atoms. The minimum Gasteiger partial charge on any atom is -0.550 e. The van der Waals surface area contributed by atoms with Crippen LogP contribution in [0, 0.1) is 5.92 Å². The zero-order chi connectivity index (χ0) is 17.5. The first-order valence-corrected chi connectivity index (χ1v) is 7.75. The molecule has 126 valence electrons. The Morgan fingerprint density at radius 2 is 1.83 bits per heavy atom. The first-order chi connectivity index (χ1) is 11.5. The molecule has 0 heterocycles. The lowest BCUT2D eigenvalue weighted by Crippen LogP contribution is -2.32. The standard InChI is InChI=1S/C18H18ClNO4/c1-24-16-5-3-2-4-15(16)20-18(23)13(11-17(21)22)10-12-6-8-14(19)9-7-12/h2-9,13H,10-11H2,1H3,(H,20,23)(H,21,22)/p-1/t13-/m1/s1. The van der Waals surface area contributed by atoms with Gasteiger partial charge in [0.25, 0.3) is 0 Å². The second-order valence-corrected chi connectivity index (χ2v) is 5.73. The number of anilines is 1. The molecule has 1 N–H and O–H groups in total. The second-order valence-electron chi connectivity index (χ2n) is 5.29. The summed E-state index contributed by atoms with van der Waals surface area (Å²) in [5.41, 5.74) is 1.31. The normalized spacial score (nSPS) is 11.6. The van der Waals surface area contributed by atoms with E-state index in [0.717, 1.165) is 5.56 Å². The number of para-hydroxylation sites is 2. The molecule has 0 aliphatic carbocycles. The van der Waals surface area contributed by atoms with Crippen molar-refractivity contribution in [3.63, 3.8) is 0 Å². The maximum absolute atomic E-state index is 12.5. The number of halogens is 1. The van der Waals surface area contributed by atoms with Crippen LogP contribution in [-0.2, 0) is 16.0 Å². The fraction of sp³-hybridized carbons (Fsp3) is 0.222. The number of aliphatic carboxylic acids is 1. The van der Waals surface area contributed by atoms with E-state index in [0.29, 0.717) is 16.5 Å². The van der Waals surface area contributed by atoms with Crippen molar-refractivity contribution >= 4 is 29.2 Å². The van der Waals surface area contributed by atoms with E-state index in [-0.39, 0.29) is 12.8 Å². The van der Waals surface area contributed by atoms with Crippen molar-refractivity contribution in [2.75, 3.05) is 12.4 Å². The van der Waals surface area contributed by atoms with E-state index in [4.69, 9.17) is 16.3 Å². The van der Waals surface area contributed by atoms with Crippen LogP contribution in [0.25, 0.3) is 0 Å². The number of hydrogen-bond acceptors (Lipinski definition) is 4. The zero-order valence-corrected chi connectivity index (χ0v) is 13.9. The SMILES string of the molecule is COc1ccccc1NC(=O)[C@@H](CC(=O)[O-])Cc1ccc(Cl)cc1. The third-order valence-corrected chi connectivity index (χ3v) is 3.80. The molecule has 24 heavy (non-hydrogen) atoms. The maximum atomic E-state index is 12.5. The smallest absolute Gasteiger partial charge is 0.228 e. The van der Waals surface area contributed by atoms with E-state index in [1.54, 1.807) is 48.5 Å². The molecule has 5 nitrogen and oxygen atoms in total. The minimum absolute atomic E-state index is 0.270. The van der Waals surface area contributed by atoms with Crippen molar-refractivity contribution < 1.29 is 19.4 Å². The highest BCUT2D eigenvalue weighted by atomic mass is 35.5. The van der Waals surface area contributed by atoms with E-state index in [1.165, 1.54) is 7.11 Å². The summed E-state index contributed by atoms with van der Waals surface area (Å²) in [6.07, 6.45) is -0.101. The predicted molar refractivity (Wildman–Crippen MR) is 89.9 cm³/mol. The summed E-state index contributed by atoms with van der Waals surface area (Å²) >= 11 is 5.84. The number of benzene rings is 2. The summed E-state index contributed by atoms with van der Waals surface area (Å²) in [7, 11) is 1.50. The van der Waals surface area contributed by atoms with Crippen LogP contribution in [0.15, 0.2) is 48.5 Å². The number of carboxylic acid groups (broad SMARTS) is 1. The molecule has 0 radical (unpaired) electrons. The average Bonchev–Trinajstić information content (AvgIpc) is 2.56. The molecule has 0 aliphatic rings. The summed E-state index contributed by atoms with van der Waals surface area (Å²) in [6.45, 7) is 0. The van der Waals surface area contributed by atoms with Crippen LogP contribution >= 0.6 is 11.6 Å². The Morgan fingerprint density at radius 1 is 1.17 bits per heavy atom. The molecule has 2 aromatic carbocycles. The van der Waals surface area contributed by atoms with Crippen molar-refractivity contribution in [3.8, 4) is 5.75 Å². The fourth-order valence-electron chi connectivity index (χ4n) is 2.35. The molecule has 0 aromatic heterocycles. The van der Waals surface area contributed by atoms with Crippen LogP contribution in [0.4, 0.5) is 5.69 Å². The summed E-state index contributed by atoms with van der Waals surface area (Å²) in [6, 6.07) is 13.9. The predicted octanol–water partition coefficient (Wildman–Crippen LogP) is 2.29. The Balaban J connectivity index is 2.15. The van der Waals surface area contributed by atoms with Gasteiger partial charge in [-0.2, -0.15) is 0 Å². The quantitative estimate of drug-likeness (QED) is 0.834. The molecular weight excluding hydrogens is 330 g/mol. The molecular formula is C18H17ClNO4-. The van der Waals surface area contributed by atoms with E-state index >= 15 is 0 Å². The molecule has 0 spiro atoms. The molecule has 0 fully saturated rings. The monoisotopic (exact) mass is 346 g/mol. The Hall–Kier alpha value is -2.53. The van der Waals surface area contributed by atoms with Crippen molar-refractivity contribution in [1.29, 1.82) is 0 Å². The first kappa shape index (κ1) is 17.8. The van der Waals surface area contributed by atoms with Crippen LogP contribution in [0.1, 0.15) is 12.0 Å². The topological polar surface area (TPSA) is 78.5 Å². The minimum atomic E-state index is -1.27. The van der Waals surface area contributed by atoms with Crippen molar-refractivity contribution in [2.45, 2.75) is 12.8 Å². The van der Waals surface area contributed by atoms with Gasteiger partial charge in [0.15, 0.2) is 0 Å². The van der Waals surface area contributed by atoms with Gasteiger partial charge in [-0.25, -0.2) is 0 Å². The van der Waals surface area contributed by atoms with Gasteiger partial charge >= 0.3 is 0 Å². The number of methoxy groups -OCH3 is 1. The molecule has 2 aromatic rings. The highest BCUT2D eigenvalue weighted by Gasteiger charge is 2.20. The van der Waals surface area contributed by atoms with E-state index in [2.05, 4.69) is 5.32 Å². The van der Waals surface area contributed by atoms with Crippen LogP contribution in [0.3, 0.4) is 0 Å². The van der Waals surface area contributed by atoms with Crippen molar-refractivity contribution in [2.24, 2.45) is 5.92 Å². The molecule has 0 unspecified atom stereocenters. The molecule has 1 atom stereocenters. The Bertz CT molecular complexity index is 715. The molecule has 2 rings (SSSR count). The largest absolute Gasteiger partial charge is 0.550 e. The average molecular weight is 347 g/mol. The first-order valence-electron chi connectivity index (χ1n) is 7.37. The zero-order valence-electron chi connectivity index (χ0n) is 13.1. The number of nitrogens with one attached hydrogen (secondary N) is 1. The fourth-order valence-corrected chi connectivity index (χ4v) is 2.47. The van der Waals surface area contributed by atoms with Gasteiger partial charge in [0, 0.05) is 16.9 Å². The molecule has 0 saturated carbocycles. The summed E-state index contributed by atoms with van der Waals surface area (Å²) in [5.74, 6) is -1.94. The molecule has 0 aliphatic heterocycles. The molecule has 0 saturated heterocycles. The van der Waals surface area contributed by atoms with Crippen molar-refractivity contribution in [3.05, 3.63) is 59.1 Å². The van der Waals surface area contributed by atoms with Gasteiger partial charge in [0.2, 0.25) is 5.91 Å². The second kappa shape index (κ2) is 8.36. The van der Waals surface area contributed by atoms with Gasteiger partial charge in [-0.3, -0.25) is 4.79 Å². The highest BCUT2D eigenvalue weighted by molar-refractivity contribution is 6.30. The Morgan fingerprint density at radius 3 is 2.46 bits per heavy atom. The maximum Gasteiger partial charge on any atom is 0.228 e. The lowest BCUT2D eigenvalue weighted by molar-refractivity contribution is -0.306. The Kier molecular flexibility index (Phi) is 6.21. The van der Waals surface area contributed by atoms with Crippen LogP contribution < -0.4 is 15.2 Å². The van der Waals surface area contributed by atoms with E-state index in [9.17, 15) is 14.7 Å². The van der Waals surface area contributed by atoms with Crippen molar-refractivity contribution in [1.82, 2.24) is 0 Å². The molecule has 6 heteroatoms. The summed E-state index contributed by atoms with van der Waals surface area (Å²) < 4.78 is 5.18. The Labute approximate surface area is 145 Å². The number of carbonyl (C=O) groups excluding carboxylic acids is 2. The number of carbonyl (C=O) groups is 2. The van der Waals surface area contributed by atoms with Crippen LogP contribution in [0.5, 0.6) is 5.75 Å². The number of hydrogen-bond donors (Lipinski definition) is 1. The number of amides is 1. The number of carboxylic acids is 1. The number of ether oxygens (including phenoxy) is 1. The third kappa shape index (κ3) is 4.99. The summed E-state index contributed by atoms with van der Waals surface area (Å²) in [4.78, 5) is 23.5. The lowest BCUT2D eigenvalue weighted by Gasteiger charge is -2.18. The van der Waals surface area contributed by atoms with Gasteiger partial charge in [-0.15, -0.1) is 0 Å².